The van der Waals surface area contributed by atoms with Crippen LogP contribution in [0.25, 0.3) is 6.08 Å². The summed E-state index contributed by atoms with van der Waals surface area (Å²) in [7, 11) is 0. The molecule has 26 heavy (non-hydrogen) atoms. The molecule has 4 rings (SSSR count). The zero-order valence-electron chi connectivity index (χ0n) is 13.6. The molecular weight excluding hydrogens is 395 g/mol. The van der Waals surface area contributed by atoms with Crippen LogP contribution in [0.5, 0.6) is 0 Å². The monoisotopic (exact) mass is 408 g/mol. The van der Waals surface area contributed by atoms with Crippen molar-refractivity contribution in [3.8, 4) is 0 Å². The van der Waals surface area contributed by atoms with E-state index in [1.807, 2.05) is 12.1 Å². The van der Waals surface area contributed by atoms with Crippen LogP contribution in [0.15, 0.2) is 41.0 Å². The molecule has 0 unspecified atom stereocenters. The van der Waals surface area contributed by atoms with E-state index in [0.717, 1.165) is 36.2 Å². The normalized spacial score (nSPS) is 19.0. The first-order valence-corrected chi connectivity index (χ1v) is 9.58. The number of carbonyl (C=O) groups excluding carboxylic acids is 1. The number of nitrogens with zero attached hydrogens (tertiary/aromatic N) is 2. The fourth-order valence-corrected chi connectivity index (χ4v) is 4.18. The number of rotatable bonds is 3. The minimum absolute atomic E-state index is 0.188. The number of ether oxygens (including phenoxy) is 2. The van der Waals surface area contributed by atoms with Crippen LogP contribution >= 0.6 is 34.5 Å². The fourth-order valence-electron chi connectivity index (χ4n) is 2.70. The Morgan fingerprint density at radius 1 is 1.15 bits per heavy atom. The Kier molecular flexibility index (Phi) is 5.00. The molecule has 5 nitrogen and oxygen atoms in total. The number of halogens is 2. The SMILES string of the molecule is O=C1OC(c2ccc(Cl)cc2Cl)=N/C1=C\c1ccc(N2CCOCC2)s1. The highest BCUT2D eigenvalue weighted by Crippen LogP contribution is 2.30. The molecule has 2 aliphatic rings. The van der Waals surface area contributed by atoms with Crippen LogP contribution in [0.2, 0.25) is 10.0 Å². The van der Waals surface area contributed by atoms with E-state index in [1.165, 1.54) is 0 Å². The van der Waals surface area contributed by atoms with Crippen molar-refractivity contribution in [1.82, 2.24) is 0 Å². The van der Waals surface area contributed by atoms with Crippen molar-refractivity contribution >= 4 is 57.5 Å². The zero-order chi connectivity index (χ0) is 18.1. The Labute approximate surface area is 164 Å². The second-order valence-electron chi connectivity index (χ2n) is 5.74. The van der Waals surface area contributed by atoms with Gasteiger partial charge in [-0.1, -0.05) is 23.2 Å². The van der Waals surface area contributed by atoms with Gasteiger partial charge in [-0.25, -0.2) is 9.79 Å². The standard InChI is InChI=1S/C18H14Cl2N2O3S/c19-11-1-3-13(14(20)9-11)17-21-15(18(23)25-17)10-12-2-4-16(26-12)22-5-7-24-8-6-22/h1-4,9-10H,5-8H2/b15-10-. The molecular formula is C18H14Cl2N2O3S. The molecule has 0 saturated carbocycles. The maximum atomic E-state index is 12.2. The van der Waals surface area contributed by atoms with Crippen molar-refractivity contribution in [1.29, 1.82) is 0 Å². The third-order valence-electron chi connectivity index (χ3n) is 4.00. The van der Waals surface area contributed by atoms with Crippen LogP contribution in [0.4, 0.5) is 5.00 Å². The summed E-state index contributed by atoms with van der Waals surface area (Å²) in [6, 6.07) is 8.96. The van der Waals surface area contributed by atoms with Gasteiger partial charge < -0.3 is 14.4 Å². The quantitative estimate of drug-likeness (QED) is 0.562. The predicted octanol–water partition coefficient (Wildman–Crippen LogP) is 4.24. The minimum Gasteiger partial charge on any atom is -0.402 e. The number of carbonyl (C=O) groups is 1. The number of hydrogen-bond donors (Lipinski definition) is 0. The molecule has 0 atom stereocenters. The Hall–Kier alpha value is -1.86. The molecule has 1 saturated heterocycles. The molecule has 0 bridgehead atoms. The van der Waals surface area contributed by atoms with Crippen molar-refractivity contribution in [3.05, 3.63) is 56.5 Å². The molecule has 0 amide bonds. The average molecular weight is 409 g/mol. The highest BCUT2D eigenvalue weighted by molar-refractivity contribution is 7.16. The number of thiophene rings is 1. The lowest BCUT2D eigenvalue weighted by atomic mass is 10.2. The molecule has 0 aliphatic carbocycles. The summed E-state index contributed by atoms with van der Waals surface area (Å²) in [5, 5.41) is 2.04. The number of cyclic esters (lactones) is 1. The maximum absolute atomic E-state index is 12.2. The van der Waals surface area contributed by atoms with Gasteiger partial charge in [0.15, 0.2) is 5.70 Å². The number of morpholine rings is 1. The fraction of sp³-hybridized carbons (Fsp3) is 0.222. The lowest BCUT2D eigenvalue weighted by Crippen LogP contribution is -2.35. The zero-order valence-corrected chi connectivity index (χ0v) is 15.9. The van der Waals surface area contributed by atoms with E-state index in [4.69, 9.17) is 32.7 Å². The smallest absolute Gasteiger partial charge is 0.363 e. The molecule has 1 fully saturated rings. The van der Waals surface area contributed by atoms with Crippen LogP contribution in [0, 0.1) is 0 Å². The van der Waals surface area contributed by atoms with Gasteiger partial charge in [-0.3, -0.25) is 0 Å². The molecule has 3 heterocycles. The Morgan fingerprint density at radius 2 is 1.96 bits per heavy atom. The second kappa shape index (κ2) is 7.40. The molecule has 134 valence electrons. The minimum atomic E-state index is -0.493. The van der Waals surface area contributed by atoms with Crippen LogP contribution in [0.1, 0.15) is 10.4 Å². The van der Waals surface area contributed by atoms with Crippen molar-refractivity contribution < 1.29 is 14.3 Å². The van der Waals surface area contributed by atoms with Gasteiger partial charge in [-0.15, -0.1) is 11.3 Å². The summed E-state index contributed by atoms with van der Waals surface area (Å²) in [4.78, 5) is 19.7. The van der Waals surface area contributed by atoms with Crippen LogP contribution in [-0.4, -0.2) is 38.2 Å². The molecule has 1 aromatic carbocycles. The summed E-state index contributed by atoms with van der Waals surface area (Å²) in [6.45, 7) is 3.21. The van der Waals surface area contributed by atoms with Gasteiger partial charge >= 0.3 is 5.97 Å². The van der Waals surface area contributed by atoms with Crippen LogP contribution in [-0.2, 0) is 14.3 Å². The van der Waals surface area contributed by atoms with Crippen LogP contribution in [0.3, 0.4) is 0 Å². The number of hydrogen-bond acceptors (Lipinski definition) is 6. The van der Waals surface area contributed by atoms with E-state index in [-0.39, 0.29) is 11.6 Å². The van der Waals surface area contributed by atoms with Gasteiger partial charge in [-0.05, 0) is 36.4 Å². The topological polar surface area (TPSA) is 51.1 Å². The first-order chi connectivity index (χ1) is 12.6. The third kappa shape index (κ3) is 3.64. The number of benzene rings is 1. The van der Waals surface area contributed by atoms with Crippen molar-refractivity contribution in [2.45, 2.75) is 0 Å². The third-order valence-corrected chi connectivity index (χ3v) is 5.64. The molecule has 2 aromatic rings. The second-order valence-corrected chi connectivity index (χ2v) is 7.67. The Morgan fingerprint density at radius 3 is 2.73 bits per heavy atom. The number of esters is 1. The van der Waals surface area contributed by atoms with E-state index in [9.17, 15) is 4.79 Å². The molecule has 8 heteroatoms. The van der Waals surface area contributed by atoms with E-state index in [1.54, 1.807) is 35.6 Å². The highest BCUT2D eigenvalue weighted by atomic mass is 35.5. The number of aliphatic imine (C=N–C) groups is 1. The van der Waals surface area contributed by atoms with Gasteiger partial charge in [0.2, 0.25) is 5.90 Å². The lowest BCUT2D eigenvalue weighted by molar-refractivity contribution is -0.129. The molecule has 2 aliphatic heterocycles. The van der Waals surface area contributed by atoms with E-state index in [2.05, 4.69) is 9.89 Å². The molecule has 0 radical (unpaired) electrons. The van der Waals surface area contributed by atoms with E-state index < -0.39 is 5.97 Å². The van der Waals surface area contributed by atoms with Gasteiger partial charge in [0, 0.05) is 23.0 Å². The van der Waals surface area contributed by atoms with Crippen molar-refractivity contribution in [2.75, 3.05) is 31.2 Å². The number of anilines is 1. The largest absolute Gasteiger partial charge is 0.402 e. The summed E-state index contributed by atoms with van der Waals surface area (Å²) >= 11 is 13.7. The van der Waals surface area contributed by atoms with Gasteiger partial charge in [0.25, 0.3) is 0 Å². The first-order valence-electron chi connectivity index (χ1n) is 8.01. The average Bonchev–Trinajstić information content (AvgIpc) is 3.23. The highest BCUT2D eigenvalue weighted by Gasteiger charge is 2.26. The Bertz CT molecular complexity index is 917. The maximum Gasteiger partial charge on any atom is 0.363 e. The van der Waals surface area contributed by atoms with Crippen molar-refractivity contribution in [2.24, 2.45) is 4.99 Å². The van der Waals surface area contributed by atoms with Crippen molar-refractivity contribution in [3.63, 3.8) is 0 Å². The molecule has 0 N–H and O–H groups in total. The summed E-state index contributed by atoms with van der Waals surface area (Å²) < 4.78 is 10.6. The summed E-state index contributed by atoms with van der Waals surface area (Å²) in [5.74, 6) is -0.305. The van der Waals surface area contributed by atoms with Crippen LogP contribution < -0.4 is 4.90 Å². The first kappa shape index (κ1) is 17.5. The molecule has 0 spiro atoms. The van der Waals surface area contributed by atoms with Gasteiger partial charge in [0.1, 0.15) is 0 Å². The van der Waals surface area contributed by atoms with Gasteiger partial charge in [0.05, 0.1) is 28.8 Å². The lowest BCUT2D eigenvalue weighted by Gasteiger charge is -2.27. The van der Waals surface area contributed by atoms with E-state index >= 15 is 0 Å². The summed E-state index contributed by atoms with van der Waals surface area (Å²) in [6.07, 6.45) is 1.73. The van der Waals surface area contributed by atoms with Gasteiger partial charge in [-0.2, -0.15) is 0 Å². The Balaban J connectivity index is 1.58. The predicted molar refractivity (Wildman–Crippen MR) is 104 cm³/mol. The van der Waals surface area contributed by atoms with E-state index in [0.29, 0.717) is 15.6 Å². The summed E-state index contributed by atoms with van der Waals surface area (Å²) in [5.41, 5.74) is 0.786. The molecule has 1 aromatic heterocycles.